The number of hydrogen-bond acceptors (Lipinski definition) is 8. The number of rotatable bonds is 5. The average molecular weight is 500 g/mol. The summed E-state index contributed by atoms with van der Waals surface area (Å²) < 4.78 is 4.43. The first-order valence-electron chi connectivity index (χ1n) is 11.3. The second kappa shape index (κ2) is 11.8. The van der Waals surface area contributed by atoms with Gasteiger partial charge in [0, 0.05) is 29.6 Å². The highest BCUT2D eigenvalue weighted by molar-refractivity contribution is 5.90. The first kappa shape index (κ1) is 26.8. The minimum Gasteiger partial charge on any atom is -0.478 e. The van der Waals surface area contributed by atoms with Crippen LogP contribution < -0.4 is 0 Å². The van der Waals surface area contributed by atoms with Gasteiger partial charge in [-0.3, -0.25) is 29.3 Å². The standard InChI is InChI=1S/C17H11NO3.C11H14N2O3/c19-10-11-1-2-14-8-15(9-18-16(14)7-11)12-3-5-13(6-4-12)17(20)21;1-6-7(2)13-10(8(3)12-6)5-11(15)16-9(4)14/h1-10H,(H,20,21);5H2,1-4H3. The van der Waals surface area contributed by atoms with E-state index in [2.05, 4.69) is 19.7 Å². The molecule has 188 valence electrons. The van der Waals surface area contributed by atoms with Crippen molar-refractivity contribution in [2.75, 3.05) is 0 Å². The van der Waals surface area contributed by atoms with E-state index in [4.69, 9.17) is 5.11 Å². The van der Waals surface area contributed by atoms with Gasteiger partial charge in [-0.15, -0.1) is 0 Å². The van der Waals surface area contributed by atoms with Gasteiger partial charge in [0.1, 0.15) is 6.29 Å². The molecule has 9 heteroatoms. The van der Waals surface area contributed by atoms with Crippen molar-refractivity contribution < 1.29 is 29.0 Å². The van der Waals surface area contributed by atoms with Gasteiger partial charge >= 0.3 is 17.9 Å². The van der Waals surface area contributed by atoms with Crippen LogP contribution in [0.15, 0.2) is 54.7 Å². The van der Waals surface area contributed by atoms with E-state index in [-0.39, 0.29) is 12.0 Å². The molecule has 0 saturated heterocycles. The zero-order chi connectivity index (χ0) is 27.1. The minimum absolute atomic E-state index is 0.0282. The first-order valence-corrected chi connectivity index (χ1v) is 11.3. The molecule has 0 spiro atoms. The average Bonchev–Trinajstić information content (AvgIpc) is 2.86. The van der Waals surface area contributed by atoms with Gasteiger partial charge in [0.2, 0.25) is 0 Å². The third-order valence-electron chi connectivity index (χ3n) is 5.46. The summed E-state index contributed by atoms with van der Waals surface area (Å²) in [7, 11) is 0. The Kier molecular flexibility index (Phi) is 8.52. The number of fused-ring (bicyclic) bond motifs is 1. The molecule has 0 radical (unpaired) electrons. The maximum absolute atomic E-state index is 11.3. The van der Waals surface area contributed by atoms with Crippen LogP contribution in [0.1, 0.15) is 50.4 Å². The summed E-state index contributed by atoms with van der Waals surface area (Å²) in [5.41, 5.74) is 6.24. The molecule has 0 fully saturated rings. The number of carbonyl (C=O) groups excluding carboxylic acids is 3. The lowest BCUT2D eigenvalue weighted by molar-refractivity contribution is -0.157. The molecule has 0 aliphatic rings. The Morgan fingerprint density at radius 3 is 2.19 bits per heavy atom. The van der Waals surface area contributed by atoms with Crippen molar-refractivity contribution >= 4 is 35.1 Å². The predicted octanol–water partition coefficient (Wildman–Crippen LogP) is 4.45. The third kappa shape index (κ3) is 7.11. The van der Waals surface area contributed by atoms with Crippen molar-refractivity contribution in [2.24, 2.45) is 0 Å². The molecule has 0 aliphatic carbocycles. The number of nitrogens with zero attached hydrogens (tertiary/aromatic N) is 3. The molecule has 2 aromatic heterocycles. The molecule has 0 bridgehead atoms. The van der Waals surface area contributed by atoms with Crippen LogP contribution in [0, 0.1) is 20.8 Å². The van der Waals surface area contributed by atoms with Crippen LogP contribution >= 0.6 is 0 Å². The van der Waals surface area contributed by atoms with Crippen molar-refractivity contribution in [1.29, 1.82) is 0 Å². The lowest BCUT2D eigenvalue weighted by atomic mass is 10.0. The largest absolute Gasteiger partial charge is 0.478 e. The summed E-state index contributed by atoms with van der Waals surface area (Å²) in [6.07, 6.45) is 2.48. The molecular weight excluding hydrogens is 474 g/mol. The minimum atomic E-state index is -0.945. The number of ether oxygens (including phenoxy) is 1. The van der Waals surface area contributed by atoms with E-state index in [9.17, 15) is 19.2 Å². The van der Waals surface area contributed by atoms with E-state index >= 15 is 0 Å². The van der Waals surface area contributed by atoms with E-state index < -0.39 is 17.9 Å². The summed E-state index contributed by atoms with van der Waals surface area (Å²) in [6, 6.07) is 13.9. The highest BCUT2D eigenvalue weighted by Gasteiger charge is 2.13. The summed E-state index contributed by atoms with van der Waals surface area (Å²) >= 11 is 0. The fourth-order valence-corrected chi connectivity index (χ4v) is 3.44. The van der Waals surface area contributed by atoms with E-state index in [0.717, 1.165) is 39.7 Å². The summed E-state index contributed by atoms with van der Waals surface area (Å²) in [6.45, 7) is 6.64. The molecule has 9 nitrogen and oxygen atoms in total. The Labute approximate surface area is 213 Å². The number of benzene rings is 2. The molecule has 4 aromatic rings. The van der Waals surface area contributed by atoms with Gasteiger partial charge in [0.25, 0.3) is 0 Å². The number of aldehydes is 1. The molecule has 1 N–H and O–H groups in total. The first-order chi connectivity index (χ1) is 17.6. The molecule has 37 heavy (non-hydrogen) atoms. The van der Waals surface area contributed by atoms with Gasteiger partial charge in [-0.05, 0) is 50.6 Å². The Hall–Kier alpha value is -4.79. The molecule has 0 saturated carbocycles. The third-order valence-corrected chi connectivity index (χ3v) is 5.46. The maximum Gasteiger partial charge on any atom is 0.335 e. The fourth-order valence-electron chi connectivity index (χ4n) is 3.44. The van der Waals surface area contributed by atoms with Crippen LogP contribution in [-0.2, 0) is 20.7 Å². The zero-order valence-corrected chi connectivity index (χ0v) is 20.8. The number of esters is 2. The number of aromatic carboxylic acids is 1. The van der Waals surface area contributed by atoms with Gasteiger partial charge < -0.3 is 9.84 Å². The van der Waals surface area contributed by atoms with Gasteiger partial charge in [-0.1, -0.05) is 24.3 Å². The molecule has 0 aliphatic heterocycles. The Balaban J connectivity index is 0.000000214. The smallest absolute Gasteiger partial charge is 0.335 e. The fraction of sp³-hybridized carbons (Fsp3) is 0.179. The van der Waals surface area contributed by atoms with Crippen molar-refractivity contribution in [1.82, 2.24) is 15.0 Å². The van der Waals surface area contributed by atoms with Gasteiger partial charge in [0.15, 0.2) is 0 Å². The number of carboxylic acids is 1. The number of hydrogen-bond donors (Lipinski definition) is 1. The van der Waals surface area contributed by atoms with Crippen molar-refractivity contribution in [3.63, 3.8) is 0 Å². The quantitative estimate of drug-likeness (QED) is 0.240. The van der Waals surface area contributed by atoms with E-state index in [1.165, 1.54) is 6.92 Å². The van der Waals surface area contributed by atoms with E-state index in [0.29, 0.717) is 17.0 Å². The second-order valence-corrected chi connectivity index (χ2v) is 8.25. The Morgan fingerprint density at radius 2 is 1.57 bits per heavy atom. The number of carboxylic acid groups (broad SMARTS) is 1. The van der Waals surface area contributed by atoms with Gasteiger partial charge in [-0.2, -0.15) is 0 Å². The lowest BCUT2D eigenvalue weighted by Gasteiger charge is -2.06. The molecule has 0 atom stereocenters. The van der Waals surface area contributed by atoms with Crippen molar-refractivity contribution in [3.05, 3.63) is 88.6 Å². The Bertz CT molecular complexity index is 1500. The monoisotopic (exact) mass is 499 g/mol. The predicted molar refractivity (Wildman–Crippen MR) is 136 cm³/mol. The molecule has 0 unspecified atom stereocenters. The second-order valence-electron chi connectivity index (χ2n) is 8.25. The van der Waals surface area contributed by atoms with E-state index in [1.807, 2.05) is 26.0 Å². The van der Waals surface area contributed by atoms with Crippen LogP contribution in [-0.4, -0.2) is 44.3 Å². The number of pyridine rings is 1. The van der Waals surface area contributed by atoms with Crippen LogP contribution in [0.4, 0.5) is 0 Å². The van der Waals surface area contributed by atoms with Crippen LogP contribution in [0.25, 0.3) is 22.0 Å². The number of carbonyl (C=O) groups is 4. The normalized spacial score (nSPS) is 10.3. The van der Waals surface area contributed by atoms with E-state index in [1.54, 1.807) is 49.5 Å². The van der Waals surface area contributed by atoms with Crippen LogP contribution in [0.2, 0.25) is 0 Å². The van der Waals surface area contributed by atoms with Crippen molar-refractivity contribution in [3.8, 4) is 11.1 Å². The molecule has 2 aromatic carbocycles. The maximum atomic E-state index is 11.3. The molecule has 4 rings (SSSR count). The number of aromatic nitrogens is 3. The summed E-state index contributed by atoms with van der Waals surface area (Å²) in [5.74, 6) is -2.16. The van der Waals surface area contributed by atoms with Gasteiger partial charge in [0.05, 0.1) is 40.3 Å². The lowest BCUT2D eigenvalue weighted by Crippen LogP contribution is -2.14. The van der Waals surface area contributed by atoms with Crippen LogP contribution in [0.5, 0.6) is 0 Å². The van der Waals surface area contributed by atoms with Gasteiger partial charge in [-0.25, -0.2) is 4.79 Å². The van der Waals surface area contributed by atoms with Crippen LogP contribution in [0.3, 0.4) is 0 Å². The molecular formula is C28H25N3O6. The van der Waals surface area contributed by atoms with Crippen molar-refractivity contribution in [2.45, 2.75) is 34.1 Å². The topological polar surface area (TPSA) is 136 Å². The summed E-state index contributed by atoms with van der Waals surface area (Å²) in [5, 5.41) is 9.83. The highest BCUT2D eigenvalue weighted by Crippen LogP contribution is 2.23. The molecule has 0 amide bonds. The SMILES string of the molecule is CC(=O)OC(=O)Cc1nc(C)c(C)nc1C.O=Cc1ccc2cc(-c3ccc(C(=O)O)cc3)cnc2c1. The zero-order valence-electron chi connectivity index (χ0n) is 20.8. The Morgan fingerprint density at radius 1 is 0.892 bits per heavy atom. The summed E-state index contributed by atoms with van der Waals surface area (Å²) in [4.78, 5) is 56.3. The number of aryl methyl sites for hydroxylation is 3. The molecule has 2 heterocycles. The highest BCUT2D eigenvalue weighted by atomic mass is 16.6.